The van der Waals surface area contributed by atoms with Crippen molar-refractivity contribution in [2.75, 3.05) is 19.6 Å². The number of aliphatic carboxylic acids is 1. The van der Waals surface area contributed by atoms with Crippen LogP contribution in [-0.4, -0.2) is 41.6 Å². The van der Waals surface area contributed by atoms with Crippen LogP contribution in [-0.2, 0) is 4.79 Å². The summed E-state index contributed by atoms with van der Waals surface area (Å²) >= 11 is 0. The van der Waals surface area contributed by atoms with Gasteiger partial charge in [0, 0.05) is 25.6 Å². The first-order valence-electron chi connectivity index (χ1n) is 7.29. The van der Waals surface area contributed by atoms with Crippen molar-refractivity contribution < 1.29 is 14.7 Å². The van der Waals surface area contributed by atoms with E-state index < -0.39 is 5.97 Å². The summed E-state index contributed by atoms with van der Waals surface area (Å²) in [7, 11) is 0. The molecule has 108 valence electrons. The molecule has 2 aliphatic rings. The van der Waals surface area contributed by atoms with Crippen LogP contribution in [0.4, 0.5) is 4.79 Å². The van der Waals surface area contributed by atoms with Crippen molar-refractivity contribution in [3.05, 3.63) is 0 Å². The SMILES string of the molecule is CCC1(CNC(=O)N2CC(CC(=O)O)C2)CCCC1. The van der Waals surface area contributed by atoms with E-state index in [4.69, 9.17) is 5.11 Å². The molecule has 2 amide bonds. The van der Waals surface area contributed by atoms with Crippen LogP contribution in [0.3, 0.4) is 0 Å². The zero-order valence-corrected chi connectivity index (χ0v) is 11.7. The van der Waals surface area contributed by atoms with Gasteiger partial charge in [0.2, 0.25) is 0 Å². The number of rotatable bonds is 5. The topological polar surface area (TPSA) is 69.6 Å². The third-order valence-electron chi connectivity index (χ3n) is 4.74. The van der Waals surface area contributed by atoms with E-state index in [0.29, 0.717) is 18.5 Å². The summed E-state index contributed by atoms with van der Waals surface area (Å²) in [4.78, 5) is 24.2. The molecule has 0 aromatic rings. The highest BCUT2D eigenvalue weighted by molar-refractivity contribution is 5.75. The number of urea groups is 1. The van der Waals surface area contributed by atoms with Crippen LogP contribution in [0, 0.1) is 11.3 Å². The highest BCUT2D eigenvalue weighted by atomic mass is 16.4. The summed E-state index contributed by atoms with van der Waals surface area (Å²) in [6.45, 7) is 4.13. The quantitative estimate of drug-likeness (QED) is 0.802. The summed E-state index contributed by atoms with van der Waals surface area (Å²) in [6.07, 6.45) is 6.26. The molecule has 0 spiro atoms. The molecule has 2 rings (SSSR count). The van der Waals surface area contributed by atoms with E-state index >= 15 is 0 Å². The Bertz CT molecular complexity index is 345. The van der Waals surface area contributed by atoms with Crippen molar-refractivity contribution in [2.24, 2.45) is 11.3 Å². The molecule has 0 unspecified atom stereocenters. The monoisotopic (exact) mass is 268 g/mol. The second-order valence-corrected chi connectivity index (χ2v) is 6.09. The van der Waals surface area contributed by atoms with E-state index in [1.807, 2.05) is 0 Å². The molecule has 2 fully saturated rings. The first-order chi connectivity index (χ1) is 9.04. The third-order valence-corrected chi connectivity index (χ3v) is 4.74. The zero-order chi connectivity index (χ0) is 13.9. The van der Waals surface area contributed by atoms with Crippen LogP contribution in [0.25, 0.3) is 0 Å². The number of carbonyl (C=O) groups is 2. The van der Waals surface area contributed by atoms with Crippen LogP contribution in [0.15, 0.2) is 0 Å². The summed E-state index contributed by atoms with van der Waals surface area (Å²) in [5, 5.41) is 11.7. The molecule has 2 N–H and O–H groups in total. The number of nitrogens with one attached hydrogen (secondary N) is 1. The van der Waals surface area contributed by atoms with Crippen molar-refractivity contribution >= 4 is 12.0 Å². The van der Waals surface area contributed by atoms with Gasteiger partial charge in [-0.2, -0.15) is 0 Å². The Morgan fingerprint density at radius 3 is 2.47 bits per heavy atom. The van der Waals surface area contributed by atoms with Crippen LogP contribution < -0.4 is 5.32 Å². The van der Waals surface area contributed by atoms with Crippen molar-refractivity contribution in [1.82, 2.24) is 10.2 Å². The lowest BCUT2D eigenvalue weighted by Gasteiger charge is -2.39. The van der Waals surface area contributed by atoms with E-state index in [0.717, 1.165) is 13.0 Å². The lowest BCUT2D eigenvalue weighted by Crippen LogP contribution is -2.55. The molecule has 5 nitrogen and oxygen atoms in total. The van der Waals surface area contributed by atoms with Crippen LogP contribution in [0.2, 0.25) is 0 Å². The predicted octanol–water partition coefficient (Wildman–Crippen LogP) is 2.07. The Hall–Kier alpha value is -1.26. The maximum atomic E-state index is 11.9. The Kier molecular flexibility index (Phi) is 4.32. The molecule has 1 aliphatic carbocycles. The Morgan fingerprint density at radius 2 is 1.95 bits per heavy atom. The Morgan fingerprint density at radius 1 is 1.32 bits per heavy atom. The number of amides is 2. The van der Waals surface area contributed by atoms with E-state index in [-0.39, 0.29) is 18.4 Å². The van der Waals surface area contributed by atoms with Crippen LogP contribution in [0.5, 0.6) is 0 Å². The highest BCUT2D eigenvalue weighted by Gasteiger charge is 2.35. The molecule has 19 heavy (non-hydrogen) atoms. The maximum Gasteiger partial charge on any atom is 0.317 e. The lowest BCUT2D eigenvalue weighted by atomic mass is 9.83. The predicted molar refractivity (Wildman–Crippen MR) is 71.9 cm³/mol. The molecule has 0 aromatic heterocycles. The van der Waals surface area contributed by atoms with Crippen molar-refractivity contribution in [3.8, 4) is 0 Å². The molecule has 0 radical (unpaired) electrons. The van der Waals surface area contributed by atoms with Crippen LogP contribution in [0.1, 0.15) is 45.4 Å². The standard InChI is InChI=1S/C14H24N2O3/c1-2-14(5-3-4-6-14)10-15-13(19)16-8-11(9-16)7-12(17)18/h11H,2-10H2,1H3,(H,15,19)(H,17,18). The van der Waals surface area contributed by atoms with Gasteiger partial charge in [-0.05, 0) is 24.7 Å². The number of carboxylic acids is 1. The van der Waals surface area contributed by atoms with Crippen molar-refractivity contribution in [3.63, 3.8) is 0 Å². The Balaban J connectivity index is 1.70. The average molecular weight is 268 g/mol. The fraction of sp³-hybridized carbons (Fsp3) is 0.857. The van der Waals surface area contributed by atoms with Crippen molar-refractivity contribution in [2.45, 2.75) is 45.4 Å². The first-order valence-corrected chi connectivity index (χ1v) is 7.29. The van der Waals surface area contributed by atoms with Gasteiger partial charge in [-0.15, -0.1) is 0 Å². The van der Waals surface area contributed by atoms with Crippen LogP contribution >= 0.6 is 0 Å². The smallest absolute Gasteiger partial charge is 0.317 e. The minimum atomic E-state index is -0.777. The summed E-state index contributed by atoms with van der Waals surface area (Å²) in [5.41, 5.74) is 0.307. The molecule has 1 saturated carbocycles. The summed E-state index contributed by atoms with van der Waals surface area (Å²) in [5.74, 6) is -0.643. The number of carboxylic acid groups (broad SMARTS) is 1. The summed E-state index contributed by atoms with van der Waals surface area (Å²) < 4.78 is 0. The highest BCUT2D eigenvalue weighted by Crippen LogP contribution is 2.40. The van der Waals surface area contributed by atoms with Gasteiger partial charge in [-0.1, -0.05) is 19.8 Å². The van der Waals surface area contributed by atoms with E-state index in [1.54, 1.807) is 4.90 Å². The van der Waals surface area contributed by atoms with Gasteiger partial charge in [0.15, 0.2) is 0 Å². The average Bonchev–Trinajstić information content (AvgIpc) is 2.79. The minimum absolute atomic E-state index is 0.0265. The zero-order valence-electron chi connectivity index (χ0n) is 11.7. The van der Waals surface area contributed by atoms with E-state index in [1.165, 1.54) is 25.7 Å². The van der Waals surface area contributed by atoms with Gasteiger partial charge in [-0.3, -0.25) is 4.79 Å². The molecule has 1 heterocycles. The molecule has 0 aromatic carbocycles. The number of hydrogen-bond acceptors (Lipinski definition) is 2. The van der Waals surface area contributed by atoms with Gasteiger partial charge >= 0.3 is 12.0 Å². The molecule has 1 saturated heterocycles. The van der Waals surface area contributed by atoms with E-state index in [9.17, 15) is 9.59 Å². The van der Waals surface area contributed by atoms with Gasteiger partial charge in [0.25, 0.3) is 0 Å². The lowest BCUT2D eigenvalue weighted by molar-refractivity contribution is -0.139. The molecule has 1 aliphatic heterocycles. The van der Waals surface area contributed by atoms with Gasteiger partial charge in [0.1, 0.15) is 0 Å². The molecule has 0 bridgehead atoms. The molecular formula is C14H24N2O3. The largest absolute Gasteiger partial charge is 0.481 e. The maximum absolute atomic E-state index is 11.9. The molecule has 0 atom stereocenters. The van der Waals surface area contributed by atoms with Gasteiger partial charge in [-0.25, -0.2) is 4.79 Å². The second kappa shape index (κ2) is 5.80. The second-order valence-electron chi connectivity index (χ2n) is 6.09. The van der Waals surface area contributed by atoms with E-state index in [2.05, 4.69) is 12.2 Å². The summed E-state index contributed by atoms with van der Waals surface area (Å²) in [6, 6.07) is -0.0265. The number of likely N-dealkylation sites (tertiary alicyclic amines) is 1. The normalized spacial score (nSPS) is 22.1. The molecular weight excluding hydrogens is 244 g/mol. The fourth-order valence-corrected chi connectivity index (χ4v) is 3.27. The number of nitrogens with zero attached hydrogens (tertiary/aromatic N) is 1. The number of carbonyl (C=O) groups excluding carboxylic acids is 1. The third kappa shape index (κ3) is 3.39. The van der Waals surface area contributed by atoms with Crippen molar-refractivity contribution in [1.29, 1.82) is 0 Å². The molecule has 5 heteroatoms. The Labute approximate surface area is 114 Å². The first kappa shape index (κ1) is 14.2. The van der Waals surface area contributed by atoms with Gasteiger partial charge in [0.05, 0.1) is 6.42 Å². The fourth-order valence-electron chi connectivity index (χ4n) is 3.27. The minimum Gasteiger partial charge on any atom is -0.481 e. The van der Waals surface area contributed by atoms with Gasteiger partial charge < -0.3 is 15.3 Å². The number of hydrogen-bond donors (Lipinski definition) is 2.